The highest BCUT2D eigenvalue weighted by Crippen LogP contribution is 2.29. The van der Waals surface area contributed by atoms with E-state index in [1.807, 2.05) is 32.0 Å². The van der Waals surface area contributed by atoms with Crippen LogP contribution in [-0.4, -0.2) is 31.2 Å². The molecule has 0 saturated carbocycles. The van der Waals surface area contributed by atoms with Gasteiger partial charge in [0.25, 0.3) is 0 Å². The van der Waals surface area contributed by atoms with E-state index in [1.54, 1.807) is 43.8 Å². The second-order valence-electron chi connectivity index (χ2n) is 5.84. The van der Waals surface area contributed by atoms with Crippen molar-refractivity contribution in [2.24, 2.45) is 0 Å². The highest BCUT2D eigenvalue weighted by Gasteiger charge is 2.16. The van der Waals surface area contributed by atoms with Crippen LogP contribution in [0, 0.1) is 6.92 Å². The second kappa shape index (κ2) is 7.61. The maximum Gasteiger partial charge on any atom is 0.246 e. The number of hydrogen-bond donors (Lipinski definition) is 2. The van der Waals surface area contributed by atoms with Crippen LogP contribution in [0.5, 0.6) is 11.5 Å². The van der Waals surface area contributed by atoms with Crippen LogP contribution in [0.25, 0.3) is 10.2 Å². The van der Waals surface area contributed by atoms with Crippen LogP contribution in [0.3, 0.4) is 0 Å². The van der Waals surface area contributed by atoms with E-state index in [0.717, 1.165) is 20.9 Å². The first-order chi connectivity index (χ1) is 12.5. The van der Waals surface area contributed by atoms with Gasteiger partial charge in [0.05, 0.1) is 35.1 Å². The van der Waals surface area contributed by atoms with E-state index in [-0.39, 0.29) is 5.91 Å². The Morgan fingerprint density at radius 1 is 1.15 bits per heavy atom. The highest BCUT2D eigenvalue weighted by molar-refractivity contribution is 7.18. The number of hydrogen-bond acceptors (Lipinski definition) is 6. The first kappa shape index (κ1) is 18.0. The predicted octanol–water partition coefficient (Wildman–Crippen LogP) is 4.06. The zero-order valence-corrected chi connectivity index (χ0v) is 15.9. The molecular weight excluding hydrogens is 350 g/mol. The number of ether oxygens (including phenoxy) is 2. The number of fused-ring (bicyclic) bond motifs is 1. The van der Waals surface area contributed by atoms with E-state index < -0.39 is 6.04 Å². The molecule has 1 unspecified atom stereocenters. The Balaban J connectivity index is 1.72. The number of thiazole rings is 1. The van der Waals surface area contributed by atoms with Crippen molar-refractivity contribution in [3.63, 3.8) is 0 Å². The average Bonchev–Trinajstić information content (AvgIpc) is 3.00. The number of benzene rings is 2. The molecule has 26 heavy (non-hydrogen) atoms. The Hall–Kier alpha value is -2.80. The number of aromatic nitrogens is 1. The predicted molar refractivity (Wildman–Crippen MR) is 106 cm³/mol. The summed E-state index contributed by atoms with van der Waals surface area (Å²) >= 11 is 1.63. The molecule has 1 heterocycles. The third-order valence-corrected chi connectivity index (χ3v) is 4.87. The second-order valence-corrected chi connectivity index (χ2v) is 7.07. The SMILES string of the molecule is COc1ccc(OC)c(NC(=O)C(C)Nc2ccc3nc(C)sc3c2)c1. The molecule has 0 fully saturated rings. The lowest BCUT2D eigenvalue weighted by atomic mass is 10.2. The summed E-state index contributed by atoms with van der Waals surface area (Å²) in [6.07, 6.45) is 0. The van der Waals surface area contributed by atoms with Gasteiger partial charge in [-0.2, -0.15) is 0 Å². The molecule has 3 aromatic rings. The molecule has 0 aliphatic heterocycles. The van der Waals surface area contributed by atoms with Gasteiger partial charge in [-0.3, -0.25) is 4.79 Å². The quantitative estimate of drug-likeness (QED) is 0.684. The minimum atomic E-state index is -0.433. The summed E-state index contributed by atoms with van der Waals surface area (Å²) in [6.45, 7) is 3.79. The number of amides is 1. The summed E-state index contributed by atoms with van der Waals surface area (Å²) in [5.41, 5.74) is 2.41. The van der Waals surface area contributed by atoms with Gasteiger partial charge >= 0.3 is 0 Å². The number of methoxy groups -OCH3 is 2. The number of aryl methyl sites for hydroxylation is 1. The van der Waals surface area contributed by atoms with Crippen molar-refractivity contribution >= 4 is 38.8 Å². The molecule has 1 atom stereocenters. The Morgan fingerprint density at radius 2 is 1.96 bits per heavy atom. The lowest BCUT2D eigenvalue weighted by Crippen LogP contribution is -2.32. The minimum Gasteiger partial charge on any atom is -0.497 e. The third kappa shape index (κ3) is 3.88. The fourth-order valence-corrected chi connectivity index (χ4v) is 3.46. The number of rotatable bonds is 6. The maximum atomic E-state index is 12.6. The Bertz CT molecular complexity index is 939. The summed E-state index contributed by atoms with van der Waals surface area (Å²) in [5, 5.41) is 7.13. The van der Waals surface area contributed by atoms with Gasteiger partial charge in [0.15, 0.2) is 0 Å². The third-order valence-electron chi connectivity index (χ3n) is 3.94. The lowest BCUT2D eigenvalue weighted by Gasteiger charge is -2.17. The normalized spacial score (nSPS) is 11.8. The van der Waals surface area contributed by atoms with Gasteiger partial charge in [0.1, 0.15) is 17.5 Å². The summed E-state index contributed by atoms with van der Waals surface area (Å²) in [4.78, 5) is 17.0. The zero-order chi connectivity index (χ0) is 18.7. The van der Waals surface area contributed by atoms with Crippen molar-refractivity contribution in [1.29, 1.82) is 0 Å². The number of carbonyl (C=O) groups is 1. The standard InChI is InChI=1S/C19H21N3O3S/c1-11(20-13-5-7-15-18(9-13)26-12(2)21-15)19(23)22-16-10-14(24-3)6-8-17(16)25-4/h5-11,20H,1-4H3,(H,22,23). The summed E-state index contributed by atoms with van der Waals surface area (Å²) in [5.74, 6) is 1.05. The van der Waals surface area contributed by atoms with Crippen molar-refractivity contribution < 1.29 is 14.3 Å². The monoisotopic (exact) mass is 371 g/mol. The van der Waals surface area contributed by atoms with Crippen LogP contribution in [0.1, 0.15) is 11.9 Å². The molecule has 1 aromatic heterocycles. The molecule has 0 aliphatic carbocycles. The smallest absolute Gasteiger partial charge is 0.246 e. The van der Waals surface area contributed by atoms with E-state index in [2.05, 4.69) is 15.6 Å². The van der Waals surface area contributed by atoms with E-state index in [9.17, 15) is 4.79 Å². The van der Waals surface area contributed by atoms with Gasteiger partial charge < -0.3 is 20.1 Å². The van der Waals surface area contributed by atoms with Crippen LogP contribution in [0.4, 0.5) is 11.4 Å². The molecule has 7 heteroatoms. The first-order valence-electron chi connectivity index (χ1n) is 8.17. The molecule has 136 valence electrons. The zero-order valence-electron chi connectivity index (χ0n) is 15.1. The van der Waals surface area contributed by atoms with Crippen LogP contribution in [0.15, 0.2) is 36.4 Å². The topological polar surface area (TPSA) is 72.5 Å². The fourth-order valence-electron chi connectivity index (χ4n) is 2.60. The van der Waals surface area contributed by atoms with Gasteiger partial charge in [-0.1, -0.05) is 0 Å². The van der Waals surface area contributed by atoms with Crippen LogP contribution in [0.2, 0.25) is 0 Å². The van der Waals surface area contributed by atoms with E-state index in [0.29, 0.717) is 17.2 Å². The van der Waals surface area contributed by atoms with Gasteiger partial charge in [-0.25, -0.2) is 4.98 Å². The molecule has 2 aromatic carbocycles. The Labute approximate surface area is 156 Å². The molecular formula is C19H21N3O3S. The molecule has 3 rings (SSSR count). The lowest BCUT2D eigenvalue weighted by molar-refractivity contribution is -0.116. The van der Waals surface area contributed by atoms with Crippen molar-refractivity contribution in [2.45, 2.75) is 19.9 Å². The molecule has 6 nitrogen and oxygen atoms in total. The van der Waals surface area contributed by atoms with E-state index >= 15 is 0 Å². The highest BCUT2D eigenvalue weighted by atomic mass is 32.1. The summed E-state index contributed by atoms with van der Waals surface area (Å²) in [6, 6.07) is 10.7. The van der Waals surface area contributed by atoms with E-state index in [1.165, 1.54) is 0 Å². The van der Waals surface area contributed by atoms with Crippen molar-refractivity contribution in [1.82, 2.24) is 4.98 Å². The Morgan fingerprint density at radius 3 is 2.69 bits per heavy atom. The van der Waals surface area contributed by atoms with Gasteiger partial charge in [0.2, 0.25) is 5.91 Å². The fraction of sp³-hybridized carbons (Fsp3) is 0.263. The molecule has 0 aliphatic rings. The number of nitrogens with one attached hydrogen (secondary N) is 2. The molecule has 0 saturated heterocycles. The van der Waals surface area contributed by atoms with Crippen LogP contribution >= 0.6 is 11.3 Å². The molecule has 0 bridgehead atoms. The molecule has 0 radical (unpaired) electrons. The molecule has 1 amide bonds. The van der Waals surface area contributed by atoms with Crippen LogP contribution in [-0.2, 0) is 4.79 Å². The average molecular weight is 371 g/mol. The van der Waals surface area contributed by atoms with Crippen molar-refractivity contribution in [3.05, 3.63) is 41.4 Å². The maximum absolute atomic E-state index is 12.6. The van der Waals surface area contributed by atoms with Crippen molar-refractivity contribution in [2.75, 3.05) is 24.9 Å². The van der Waals surface area contributed by atoms with Crippen molar-refractivity contribution in [3.8, 4) is 11.5 Å². The van der Waals surface area contributed by atoms with Gasteiger partial charge in [0, 0.05) is 11.8 Å². The molecule has 0 spiro atoms. The Kier molecular flexibility index (Phi) is 5.27. The number of nitrogens with zero attached hydrogens (tertiary/aromatic N) is 1. The number of carbonyl (C=O) groups excluding carboxylic acids is 1. The van der Waals surface area contributed by atoms with Gasteiger partial charge in [-0.05, 0) is 44.2 Å². The minimum absolute atomic E-state index is 0.169. The largest absolute Gasteiger partial charge is 0.497 e. The summed E-state index contributed by atoms with van der Waals surface area (Å²) in [7, 11) is 3.14. The number of anilines is 2. The molecule has 2 N–H and O–H groups in total. The van der Waals surface area contributed by atoms with Gasteiger partial charge in [-0.15, -0.1) is 11.3 Å². The van der Waals surface area contributed by atoms with Crippen LogP contribution < -0.4 is 20.1 Å². The van der Waals surface area contributed by atoms with E-state index in [4.69, 9.17) is 9.47 Å². The summed E-state index contributed by atoms with van der Waals surface area (Å²) < 4.78 is 11.6. The first-order valence-corrected chi connectivity index (χ1v) is 8.98.